The summed E-state index contributed by atoms with van der Waals surface area (Å²) in [6, 6.07) is 0. The summed E-state index contributed by atoms with van der Waals surface area (Å²) >= 11 is 0. The Morgan fingerprint density at radius 1 is 1.25 bits per heavy atom. The zero-order chi connectivity index (χ0) is 11.4. The number of hydrogen-bond donors (Lipinski definition) is 2. The van der Waals surface area contributed by atoms with Crippen LogP contribution < -0.4 is 11.1 Å². The van der Waals surface area contributed by atoms with Crippen LogP contribution in [0.4, 0.5) is 0 Å². The molecule has 0 atom stereocenters. The van der Waals surface area contributed by atoms with Crippen LogP contribution in [-0.4, -0.2) is 0 Å². The van der Waals surface area contributed by atoms with Gasteiger partial charge in [0.1, 0.15) is 0 Å². The fraction of sp³-hybridized carbons (Fsp3) is 0.143. The molecule has 0 aromatic rings. The molecule has 0 fully saturated rings. The molecule has 0 amide bonds. The van der Waals surface area contributed by atoms with Crippen LogP contribution in [0.25, 0.3) is 0 Å². The molecule has 0 aromatic heterocycles. The van der Waals surface area contributed by atoms with E-state index in [4.69, 9.17) is 5.73 Å². The Balaban J connectivity index is 2.17. The number of nitrogens with two attached hydrogens (primary N) is 1. The van der Waals surface area contributed by atoms with E-state index in [1.165, 1.54) is 11.1 Å². The van der Waals surface area contributed by atoms with Crippen LogP contribution in [0.1, 0.15) is 13.3 Å². The van der Waals surface area contributed by atoms with E-state index in [9.17, 15) is 0 Å². The third-order valence-electron chi connectivity index (χ3n) is 2.62. The quantitative estimate of drug-likeness (QED) is 0.701. The standard InChI is InChI=1S/C14H16N2/c1-2-14-9-7-12(10-16-14)11-4-3-5-13(15)8-6-11/h2-7,9-10,16H,8,15H2,1H3/b14-2-. The van der Waals surface area contributed by atoms with Gasteiger partial charge in [0.15, 0.2) is 0 Å². The summed E-state index contributed by atoms with van der Waals surface area (Å²) in [7, 11) is 0. The van der Waals surface area contributed by atoms with Gasteiger partial charge >= 0.3 is 0 Å². The van der Waals surface area contributed by atoms with E-state index >= 15 is 0 Å². The zero-order valence-electron chi connectivity index (χ0n) is 9.40. The molecule has 3 N–H and O–H groups in total. The number of hydrogen-bond acceptors (Lipinski definition) is 2. The topological polar surface area (TPSA) is 38.0 Å². The summed E-state index contributed by atoms with van der Waals surface area (Å²) in [4.78, 5) is 0. The summed E-state index contributed by atoms with van der Waals surface area (Å²) in [5, 5.41) is 3.24. The highest BCUT2D eigenvalue weighted by Gasteiger charge is 2.04. The van der Waals surface area contributed by atoms with Crippen molar-refractivity contribution in [2.45, 2.75) is 13.3 Å². The van der Waals surface area contributed by atoms with Gasteiger partial charge in [0.2, 0.25) is 0 Å². The molecule has 0 bridgehead atoms. The van der Waals surface area contributed by atoms with Crippen LogP contribution >= 0.6 is 0 Å². The van der Waals surface area contributed by atoms with Gasteiger partial charge in [-0.1, -0.05) is 30.4 Å². The van der Waals surface area contributed by atoms with Gasteiger partial charge in [-0.05, 0) is 30.2 Å². The summed E-state index contributed by atoms with van der Waals surface area (Å²) in [5.74, 6) is 0. The lowest BCUT2D eigenvalue weighted by atomic mass is 10.0. The molecule has 0 aromatic carbocycles. The van der Waals surface area contributed by atoms with Crippen LogP contribution in [0.3, 0.4) is 0 Å². The van der Waals surface area contributed by atoms with Crippen molar-refractivity contribution < 1.29 is 0 Å². The molecule has 1 heterocycles. The van der Waals surface area contributed by atoms with Crippen LogP contribution in [0, 0.1) is 0 Å². The first-order chi connectivity index (χ1) is 7.79. The predicted molar refractivity (Wildman–Crippen MR) is 68.2 cm³/mol. The molecular weight excluding hydrogens is 196 g/mol. The first-order valence-corrected chi connectivity index (χ1v) is 5.44. The predicted octanol–water partition coefficient (Wildman–Crippen LogP) is 2.66. The maximum Gasteiger partial charge on any atom is 0.0336 e. The first kappa shape index (κ1) is 10.6. The van der Waals surface area contributed by atoms with Crippen molar-refractivity contribution >= 4 is 0 Å². The van der Waals surface area contributed by atoms with E-state index in [0.29, 0.717) is 0 Å². The third-order valence-corrected chi connectivity index (χ3v) is 2.62. The Morgan fingerprint density at radius 2 is 2.12 bits per heavy atom. The van der Waals surface area contributed by atoms with E-state index in [1.54, 1.807) is 0 Å². The van der Waals surface area contributed by atoms with Crippen molar-refractivity contribution in [1.82, 2.24) is 5.32 Å². The van der Waals surface area contributed by atoms with Crippen molar-refractivity contribution in [2.24, 2.45) is 5.73 Å². The maximum absolute atomic E-state index is 5.77. The highest BCUT2D eigenvalue weighted by Crippen LogP contribution is 2.20. The second-order valence-electron chi connectivity index (χ2n) is 3.79. The van der Waals surface area contributed by atoms with Crippen molar-refractivity contribution in [3.05, 3.63) is 71.3 Å². The van der Waals surface area contributed by atoms with Gasteiger partial charge < -0.3 is 11.1 Å². The normalized spacial score (nSPS) is 22.1. The largest absolute Gasteiger partial charge is 0.402 e. The lowest BCUT2D eigenvalue weighted by Gasteiger charge is -2.11. The molecule has 2 heteroatoms. The van der Waals surface area contributed by atoms with Gasteiger partial charge in [-0.2, -0.15) is 0 Å². The van der Waals surface area contributed by atoms with Crippen LogP contribution in [0.5, 0.6) is 0 Å². The monoisotopic (exact) mass is 212 g/mol. The number of allylic oxidation sites excluding steroid dienone is 9. The Morgan fingerprint density at radius 3 is 2.81 bits per heavy atom. The van der Waals surface area contributed by atoms with Crippen molar-refractivity contribution in [2.75, 3.05) is 0 Å². The Labute approximate surface area is 96.2 Å². The van der Waals surface area contributed by atoms with Crippen LogP contribution in [0.15, 0.2) is 71.3 Å². The average molecular weight is 212 g/mol. The van der Waals surface area contributed by atoms with Gasteiger partial charge in [-0.3, -0.25) is 0 Å². The minimum absolute atomic E-state index is 0.810. The van der Waals surface area contributed by atoms with Crippen molar-refractivity contribution in [1.29, 1.82) is 0 Å². The van der Waals surface area contributed by atoms with Crippen LogP contribution in [-0.2, 0) is 0 Å². The van der Waals surface area contributed by atoms with E-state index in [0.717, 1.165) is 17.8 Å². The molecule has 0 saturated carbocycles. The highest BCUT2D eigenvalue weighted by molar-refractivity contribution is 5.51. The number of rotatable bonds is 1. The van der Waals surface area contributed by atoms with Gasteiger partial charge in [0, 0.05) is 24.0 Å². The van der Waals surface area contributed by atoms with Gasteiger partial charge in [-0.25, -0.2) is 0 Å². The van der Waals surface area contributed by atoms with Crippen LogP contribution in [0.2, 0.25) is 0 Å². The first-order valence-electron chi connectivity index (χ1n) is 5.44. The fourth-order valence-electron chi connectivity index (χ4n) is 1.65. The molecule has 16 heavy (non-hydrogen) atoms. The molecule has 2 rings (SSSR count). The minimum atomic E-state index is 0.810. The number of dihydropyridines is 1. The molecule has 82 valence electrons. The smallest absolute Gasteiger partial charge is 0.0336 e. The Kier molecular flexibility index (Phi) is 3.10. The fourth-order valence-corrected chi connectivity index (χ4v) is 1.65. The summed E-state index contributed by atoms with van der Waals surface area (Å²) in [6.07, 6.45) is 17.2. The van der Waals surface area contributed by atoms with Gasteiger partial charge in [0.05, 0.1) is 0 Å². The third kappa shape index (κ3) is 2.34. The van der Waals surface area contributed by atoms with Crippen molar-refractivity contribution in [3.63, 3.8) is 0 Å². The highest BCUT2D eigenvalue weighted by atomic mass is 14.9. The molecule has 2 nitrogen and oxygen atoms in total. The molecule has 2 aliphatic rings. The van der Waals surface area contributed by atoms with E-state index in [2.05, 4.69) is 29.6 Å². The summed E-state index contributed by atoms with van der Waals surface area (Å²) < 4.78 is 0. The second kappa shape index (κ2) is 4.71. The van der Waals surface area contributed by atoms with Gasteiger partial charge in [-0.15, -0.1) is 0 Å². The number of nitrogens with one attached hydrogen (secondary N) is 1. The molecule has 0 spiro atoms. The maximum atomic E-state index is 5.77. The minimum Gasteiger partial charge on any atom is -0.402 e. The SMILES string of the molecule is C/C=C1/C=CC(C2=CCC(N)=CC=C2)=CN1. The molecule has 1 aliphatic carbocycles. The van der Waals surface area contributed by atoms with E-state index in [-0.39, 0.29) is 0 Å². The molecule has 0 saturated heterocycles. The Hall–Kier alpha value is -1.96. The van der Waals surface area contributed by atoms with E-state index in [1.807, 2.05) is 31.4 Å². The molecule has 0 unspecified atom stereocenters. The average Bonchev–Trinajstić information content (AvgIpc) is 2.54. The van der Waals surface area contributed by atoms with Crippen molar-refractivity contribution in [3.8, 4) is 0 Å². The van der Waals surface area contributed by atoms with Gasteiger partial charge in [0.25, 0.3) is 0 Å². The molecular formula is C14H16N2. The zero-order valence-corrected chi connectivity index (χ0v) is 9.40. The summed E-state index contributed by atoms with van der Waals surface area (Å²) in [5.41, 5.74) is 10.2. The Bertz CT molecular complexity index is 457. The lowest BCUT2D eigenvalue weighted by molar-refractivity contribution is 1.07. The summed E-state index contributed by atoms with van der Waals surface area (Å²) in [6.45, 7) is 2.01. The molecule has 1 aliphatic heterocycles. The molecule has 0 radical (unpaired) electrons. The van der Waals surface area contributed by atoms with E-state index < -0.39 is 0 Å². The second-order valence-corrected chi connectivity index (χ2v) is 3.79. The lowest BCUT2D eigenvalue weighted by Crippen LogP contribution is -2.08.